The molecular weight excluding hydrogens is 314 g/mol. The van der Waals surface area contributed by atoms with Crippen molar-refractivity contribution in [2.45, 2.75) is 40.0 Å². The maximum atomic E-state index is 12.5. The van der Waals surface area contributed by atoms with Crippen LogP contribution in [-0.4, -0.2) is 24.9 Å². The maximum Gasteiger partial charge on any atom is 0.252 e. The summed E-state index contributed by atoms with van der Waals surface area (Å²) in [5.41, 5.74) is 6.16. The summed E-state index contributed by atoms with van der Waals surface area (Å²) in [7, 11) is 0. The predicted octanol–water partition coefficient (Wildman–Crippen LogP) is 3.18. The third-order valence-corrected chi connectivity index (χ3v) is 4.55. The molecule has 1 aromatic carbocycles. The molecule has 6 heteroatoms. The Balaban J connectivity index is 2.90. The third kappa shape index (κ3) is 4.69. The van der Waals surface area contributed by atoms with Crippen molar-refractivity contribution >= 4 is 29.1 Å². The van der Waals surface area contributed by atoms with Gasteiger partial charge in [-0.15, -0.1) is 0 Å². The lowest BCUT2D eigenvalue weighted by Crippen LogP contribution is -2.41. The van der Waals surface area contributed by atoms with Gasteiger partial charge in [-0.3, -0.25) is 9.59 Å². The molecule has 0 aliphatic rings. The zero-order valence-corrected chi connectivity index (χ0v) is 14.8. The number of hydrogen-bond donors (Lipinski definition) is 3. The van der Waals surface area contributed by atoms with E-state index in [0.29, 0.717) is 35.7 Å². The van der Waals surface area contributed by atoms with E-state index in [9.17, 15) is 9.59 Å². The van der Waals surface area contributed by atoms with Crippen LogP contribution in [0.3, 0.4) is 0 Å². The third-order valence-electron chi connectivity index (χ3n) is 4.23. The fourth-order valence-electron chi connectivity index (χ4n) is 2.33. The van der Waals surface area contributed by atoms with Gasteiger partial charge < -0.3 is 16.4 Å². The van der Waals surface area contributed by atoms with Crippen LogP contribution in [-0.2, 0) is 4.79 Å². The summed E-state index contributed by atoms with van der Waals surface area (Å²) in [4.78, 5) is 24.4. The Labute approximate surface area is 143 Å². The van der Waals surface area contributed by atoms with E-state index in [1.807, 2.05) is 20.8 Å². The quantitative estimate of drug-likeness (QED) is 0.680. The lowest BCUT2D eigenvalue weighted by Gasteiger charge is -2.28. The van der Waals surface area contributed by atoms with E-state index in [2.05, 4.69) is 10.6 Å². The van der Waals surface area contributed by atoms with Crippen molar-refractivity contribution in [3.05, 3.63) is 28.8 Å². The number of amides is 2. The second kappa shape index (κ2) is 8.89. The molecule has 0 saturated heterocycles. The zero-order chi connectivity index (χ0) is 17.5. The van der Waals surface area contributed by atoms with Gasteiger partial charge in [-0.1, -0.05) is 32.4 Å². The molecular formula is C17H26ClN3O2. The fourth-order valence-corrected chi connectivity index (χ4v) is 2.59. The van der Waals surface area contributed by atoms with Gasteiger partial charge in [0.05, 0.1) is 16.0 Å². The standard InChI is InChI=1S/C17H26ClN3O2/c1-4-9-20-15(22)13-8-7-12(10-14(13)18)21-16(23)17(5-2,6-3)11-19/h7-8,10H,4-6,9,11,19H2,1-3H3,(H,20,22)(H,21,23). The summed E-state index contributed by atoms with van der Waals surface area (Å²) >= 11 is 6.17. The van der Waals surface area contributed by atoms with Crippen LogP contribution in [0.4, 0.5) is 5.69 Å². The molecule has 5 nitrogen and oxygen atoms in total. The first kappa shape index (κ1) is 19.5. The van der Waals surface area contributed by atoms with Gasteiger partial charge in [-0.05, 0) is 37.5 Å². The van der Waals surface area contributed by atoms with Crippen molar-refractivity contribution in [1.82, 2.24) is 5.32 Å². The van der Waals surface area contributed by atoms with E-state index in [4.69, 9.17) is 17.3 Å². The van der Waals surface area contributed by atoms with E-state index < -0.39 is 5.41 Å². The Hall–Kier alpha value is -1.59. The molecule has 2 amide bonds. The summed E-state index contributed by atoms with van der Waals surface area (Å²) in [6.07, 6.45) is 2.18. The summed E-state index contributed by atoms with van der Waals surface area (Å²) in [6.45, 7) is 6.76. The van der Waals surface area contributed by atoms with Crippen molar-refractivity contribution in [3.63, 3.8) is 0 Å². The number of anilines is 1. The van der Waals surface area contributed by atoms with Gasteiger partial charge >= 0.3 is 0 Å². The smallest absolute Gasteiger partial charge is 0.252 e. The normalized spacial score (nSPS) is 11.2. The topological polar surface area (TPSA) is 84.2 Å². The molecule has 0 aliphatic heterocycles. The molecule has 128 valence electrons. The minimum Gasteiger partial charge on any atom is -0.352 e. The van der Waals surface area contributed by atoms with Gasteiger partial charge in [0.25, 0.3) is 5.91 Å². The van der Waals surface area contributed by atoms with Gasteiger partial charge in [-0.2, -0.15) is 0 Å². The highest BCUT2D eigenvalue weighted by Gasteiger charge is 2.33. The number of rotatable bonds is 8. The predicted molar refractivity (Wildman–Crippen MR) is 94.8 cm³/mol. The van der Waals surface area contributed by atoms with Gasteiger partial charge in [0.1, 0.15) is 0 Å². The van der Waals surface area contributed by atoms with Crippen LogP contribution < -0.4 is 16.4 Å². The second-order valence-electron chi connectivity index (χ2n) is 5.60. The monoisotopic (exact) mass is 339 g/mol. The number of hydrogen-bond acceptors (Lipinski definition) is 3. The van der Waals surface area contributed by atoms with Crippen molar-refractivity contribution < 1.29 is 9.59 Å². The van der Waals surface area contributed by atoms with Crippen molar-refractivity contribution in [2.24, 2.45) is 11.1 Å². The molecule has 0 aliphatic carbocycles. The van der Waals surface area contributed by atoms with E-state index in [1.54, 1.807) is 18.2 Å². The first-order chi connectivity index (χ1) is 10.9. The highest BCUT2D eigenvalue weighted by Crippen LogP contribution is 2.28. The van der Waals surface area contributed by atoms with E-state index in [0.717, 1.165) is 6.42 Å². The van der Waals surface area contributed by atoms with Crippen molar-refractivity contribution in [2.75, 3.05) is 18.4 Å². The van der Waals surface area contributed by atoms with Crippen LogP contribution in [0.5, 0.6) is 0 Å². The largest absolute Gasteiger partial charge is 0.352 e. The van der Waals surface area contributed by atoms with E-state index >= 15 is 0 Å². The minimum absolute atomic E-state index is 0.121. The maximum absolute atomic E-state index is 12.5. The first-order valence-electron chi connectivity index (χ1n) is 8.03. The van der Waals surface area contributed by atoms with Gasteiger partial charge in [-0.25, -0.2) is 0 Å². The molecule has 23 heavy (non-hydrogen) atoms. The van der Waals surface area contributed by atoms with Gasteiger partial charge in [0, 0.05) is 18.8 Å². The summed E-state index contributed by atoms with van der Waals surface area (Å²) in [6, 6.07) is 4.88. The summed E-state index contributed by atoms with van der Waals surface area (Å²) < 4.78 is 0. The van der Waals surface area contributed by atoms with Gasteiger partial charge in [0.2, 0.25) is 5.91 Å². The molecule has 1 aromatic rings. The second-order valence-corrected chi connectivity index (χ2v) is 6.00. The minimum atomic E-state index is -0.580. The summed E-state index contributed by atoms with van der Waals surface area (Å²) in [5, 5.41) is 5.93. The highest BCUT2D eigenvalue weighted by molar-refractivity contribution is 6.34. The Morgan fingerprint density at radius 2 is 1.87 bits per heavy atom. The van der Waals surface area contributed by atoms with Crippen LogP contribution in [0, 0.1) is 5.41 Å². The van der Waals surface area contributed by atoms with Gasteiger partial charge in [0.15, 0.2) is 0 Å². The number of carbonyl (C=O) groups is 2. The van der Waals surface area contributed by atoms with Crippen LogP contribution in [0.2, 0.25) is 5.02 Å². The number of halogens is 1. The molecule has 0 bridgehead atoms. The number of carbonyl (C=O) groups excluding carboxylic acids is 2. The van der Waals surface area contributed by atoms with Crippen LogP contribution in [0.25, 0.3) is 0 Å². The van der Waals surface area contributed by atoms with E-state index in [-0.39, 0.29) is 18.4 Å². The van der Waals surface area contributed by atoms with Crippen LogP contribution in [0.15, 0.2) is 18.2 Å². The Kier molecular flexibility index (Phi) is 7.52. The number of nitrogens with one attached hydrogen (secondary N) is 2. The molecule has 0 heterocycles. The lowest BCUT2D eigenvalue weighted by atomic mass is 9.81. The summed E-state index contributed by atoms with van der Waals surface area (Å²) in [5.74, 6) is -0.336. The molecule has 0 saturated carbocycles. The average molecular weight is 340 g/mol. The number of nitrogens with two attached hydrogens (primary N) is 1. The lowest BCUT2D eigenvalue weighted by molar-refractivity contribution is -0.125. The SMILES string of the molecule is CCCNC(=O)c1ccc(NC(=O)C(CC)(CC)CN)cc1Cl. The van der Waals surface area contributed by atoms with Crippen LogP contribution >= 0.6 is 11.6 Å². The molecule has 4 N–H and O–H groups in total. The molecule has 0 fully saturated rings. The average Bonchev–Trinajstić information content (AvgIpc) is 2.55. The molecule has 0 spiro atoms. The highest BCUT2D eigenvalue weighted by atomic mass is 35.5. The van der Waals surface area contributed by atoms with Crippen LogP contribution in [0.1, 0.15) is 50.4 Å². The number of benzene rings is 1. The molecule has 0 radical (unpaired) electrons. The molecule has 0 atom stereocenters. The molecule has 0 unspecified atom stereocenters. The fraction of sp³-hybridized carbons (Fsp3) is 0.529. The molecule has 0 aromatic heterocycles. The molecule has 1 rings (SSSR count). The Bertz CT molecular complexity index is 549. The Morgan fingerprint density at radius 3 is 2.35 bits per heavy atom. The van der Waals surface area contributed by atoms with E-state index in [1.165, 1.54) is 0 Å². The van der Waals surface area contributed by atoms with Crippen molar-refractivity contribution in [3.8, 4) is 0 Å². The van der Waals surface area contributed by atoms with Crippen molar-refractivity contribution in [1.29, 1.82) is 0 Å². The Morgan fingerprint density at radius 1 is 1.22 bits per heavy atom. The zero-order valence-electron chi connectivity index (χ0n) is 14.0. The first-order valence-corrected chi connectivity index (χ1v) is 8.41.